The predicted molar refractivity (Wildman–Crippen MR) is 102 cm³/mol. The summed E-state index contributed by atoms with van der Waals surface area (Å²) in [4.78, 5) is 12.3. The molecule has 2 aromatic carbocycles. The van der Waals surface area contributed by atoms with Crippen molar-refractivity contribution in [2.75, 3.05) is 14.2 Å². The summed E-state index contributed by atoms with van der Waals surface area (Å²) >= 11 is 0. The van der Waals surface area contributed by atoms with Crippen molar-refractivity contribution in [3.8, 4) is 11.5 Å². The van der Waals surface area contributed by atoms with Crippen LogP contribution in [0.5, 0.6) is 11.5 Å². The van der Waals surface area contributed by atoms with Gasteiger partial charge in [-0.15, -0.1) is 0 Å². The number of aryl methyl sites for hydroxylation is 1. The molecule has 0 aromatic heterocycles. The average molecular weight is 340 g/mol. The van der Waals surface area contributed by atoms with Crippen molar-refractivity contribution in [3.63, 3.8) is 0 Å². The van der Waals surface area contributed by atoms with Gasteiger partial charge in [0.15, 0.2) is 11.5 Å². The highest BCUT2D eigenvalue weighted by molar-refractivity contribution is 5.81. The van der Waals surface area contributed by atoms with Gasteiger partial charge in [-0.1, -0.05) is 42.8 Å². The molecule has 1 atom stereocenters. The van der Waals surface area contributed by atoms with Gasteiger partial charge in [0.25, 0.3) is 0 Å². The molecular weight excluding hydrogens is 312 g/mol. The van der Waals surface area contributed by atoms with Crippen molar-refractivity contribution in [1.29, 1.82) is 0 Å². The third-order valence-corrected chi connectivity index (χ3v) is 4.47. The van der Waals surface area contributed by atoms with Gasteiger partial charge in [-0.2, -0.15) is 0 Å². The molecule has 0 saturated heterocycles. The summed E-state index contributed by atoms with van der Waals surface area (Å²) in [6.07, 6.45) is 2.99. The highest BCUT2D eigenvalue weighted by Crippen LogP contribution is 2.28. The second-order valence-corrected chi connectivity index (χ2v) is 6.74. The van der Waals surface area contributed by atoms with Crippen LogP contribution in [-0.4, -0.2) is 20.0 Å². The van der Waals surface area contributed by atoms with E-state index in [1.54, 1.807) is 14.2 Å². The maximum Gasteiger partial charge on any atom is 0.161 e. The van der Waals surface area contributed by atoms with E-state index < -0.39 is 0 Å². The third-order valence-electron chi connectivity index (χ3n) is 4.47. The molecule has 0 amide bonds. The van der Waals surface area contributed by atoms with E-state index in [1.807, 2.05) is 18.2 Å². The molecule has 0 spiro atoms. The minimum atomic E-state index is 0.267. The standard InChI is InChI=1S/C22H28O3/c1-16-5-8-18(9-6-16)13-17(2)7-11-20(23)14-19-10-12-21(24-3)22(15-19)25-4/h5-6,8-10,12,15,17H,7,11,13-14H2,1-4H3/t17-/m0/s1. The van der Waals surface area contributed by atoms with Gasteiger partial charge in [0.05, 0.1) is 14.2 Å². The molecule has 2 rings (SSSR count). The van der Waals surface area contributed by atoms with Gasteiger partial charge in [0.1, 0.15) is 5.78 Å². The fourth-order valence-electron chi connectivity index (χ4n) is 2.94. The first-order chi connectivity index (χ1) is 12.0. The molecule has 3 nitrogen and oxygen atoms in total. The van der Waals surface area contributed by atoms with Gasteiger partial charge in [0.2, 0.25) is 0 Å². The van der Waals surface area contributed by atoms with Crippen LogP contribution in [0.25, 0.3) is 0 Å². The fraction of sp³-hybridized carbons (Fsp3) is 0.409. The molecule has 0 saturated carbocycles. The largest absolute Gasteiger partial charge is 0.493 e. The van der Waals surface area contributed by atoms with E-state index in [2.05, 4.69) is 38.1 Å². The minimum absolute atomic E-state index is 0.267. The van der Waals surface area contributed by atoms with Gasteiger partial charge in [0, 0.05) is 12.8 Å². The van der Waals surface area contributed by atoms with Crippen LogP contribution < -0.4 is 9.47 Å². The number of Topliss-reactive ketones (excluding diaryl/α,β-unsaturated/α-hetero) is 1. The fourth-order valence-corrected chi connectivity index (χ4v) is 2.94. The van der Waals surface area contributed by atoms with E-state index >= 15 is 0 Å². The van der Waals surface area contributed by atoms with Crippen LogP contribution >= 0.6 is 0 Å². The zero-order valence-electron chi connectivity index (χ0n) is 15.7. The smallest absolute Gasteiger partial charge is 0.161 e. The summed E-state index contributed by atoms with van der Waals surface area (Å²) in [6, 6.07) is 14.3. The first kappa shape index (κ1) is 19.0. The molecule has 0 aliphatic carbocycles. The molecule has 0 radical (unpaired) electrons. The number of hydrogen-bond acceptors (Lipinski definition) is 3. The Bertz CT molecular complexity index is 689. The van der Waals surface area contributed by atoms with Crippen LogP contribution in [0.15, 0.2) is 42.5 Å². The van der Waals surface area contributed by atoms with Crippen LogP contribution in [0, 0.1) is 12.8 Å². The SMILES string of the molecule is COc1ccc(CC(=O)CC[C@H](C)Cc2ccc(C)cc2)cc1OC. The Labute approximate surface area is 151 Å². The van der Waals surface area contributed by atoms with E-state index in [0.717, 1.165) is 18.4 Å². The van der Waals surface area contributed by atoms with E-state index in [0.29, 0.717) is 30.3 Å². The first-order valence-corrected chi connectivity index (χ1v) is 8.80. The normalized spacial score (nSPS) is 11.8. The monoisotopic (exact) mass is 340 g/mol. The second-order valence-electron chi connectivity index (χ2n) is 6.74. The van der Waals surface area contributed by atoms with Crippen molar-refractivity contribution >= 4 is 5.78 Å². The molecule has 0 bridgehead atoms. The topological polar surface area (TPSA) is 35.5 Å². The summed E-state index contributed by atoms with van der Waals surface area (Å²) in [7, 11) is 3.22. The number of methoxy groups -OCH3 is 2. The molecule has 0 N–H and O–H groups in total. The molecular formula is C22H28O3. The van der Waals surface area contributed by atoms with Crippen molar-refractivity contribution < 1.29 is 14.3 Å². The van der Waals surface area contributed by atoms with Crippen LogP contribution in [0.4, 0.5) is 0 Å². The molecule has 0 aliphatic rings. The quantitative estimate of drug-likeness (QED) is 0.659. The third kappa shape index (κ3) is 5.93. The van der Waals surface area contributed by atoms with Crippen LogP contribution in [0.2, 0.25) is 0 Å². The Morgan fingerprint density at radius 1 is 0.960 bits per heavy atom. The Kier molecular flexibility index (Phi) is 7.05. The lowest BCUT2D eigenvalue weighted by Crippen LogP contribution is -2.07. The van der Waals surface area contributed by atoms with Crippen molar-refractivity contribution in [3.05, 3.63) is 59.2 Å². The average Bonchev–Trinajstić information content (AvgIpc) is 2.62. The van der Waals surface area contributed by atoms with Crippen LogP contribution in [0.1, 0.15) is 36.5 Å². The number of carbonyl (C=O) groups excluding carboxylic acids is 1. The number of benzene rings is 2. The number of ether oxygens (including phenoxy) is 2. The van der Waals surface area contributed by atoms with Gasteiger partial charge >= 0.3 is 0 Å². The summed E-state index contributed by atoms with van der Waals surface area (Å²) in [5.74, 6) is 2.12. The van der Waals surface area contributed by atoms with Crippen molar-refractivity contribution in [2.45, 2.75) is 39.5 Å². The summed E-state index contributed by atoms with van der Waals surface area (Å²) in [5, 5.41) is 0. The molecule has 3 heteroatoms. The maximum absolute atomic E-state index is 12.3. The van der Waals surface area contributed by atoms with Crippen molar-refractivity contribution in [2.24, 2.45) is 5.92 Å². The summed E-state index contributed by atoms with van der Waals surface area (Å²) < 4.78 is 10.5. The lowest BCUT2D eigenvalue weighted by molar-refractivity contribution is -0.118. The number of ketones is 1. The van der Waals surface area contributed by atoms with Gasteiger partial charge in [-0.25, -0.2) is 0 Å². The highest BCUT2D eigenvalue weighted by Gasteiger charge is 2.11. The number of rotatable bonds is 9. The van der Waals surface area contributed by atoms with E-state index in [9.17, 15) is 4.79 Å². The molecule has 25 heavy (non-hydrogen) atoms. The summed E-state index contributed by atoms with van der Waals surface area (Å²) in [5.41, 5.74) is 3.58. The number of hydrogen-bond donors (Lipinski definition) is 0. The highest BCUT2D eigenvalue weighted by atomic mass is 16.5. The predicted octanol–water partition coefficient (Wildman–Crippen LogP) is 4.78. The molecule has 0 unspecified atom stereocenters. The molecule has 2 aromatic rings. The Balaban J connectivity index is 1.82. The van der Waals surface area contributed by atoms with E-state index in [4.69, 9.17) is 9.47 Å². The Hall–Kier alpha value is -2.29. The zero-order valence-corrected chi connectivity index (χ0v) is 15.7. The second kappa shape index (κ2) is 9.26. The van der Waals surface area contributed by atoms with Gasteiger partial charge in [-0.05, 0) is 48.9 Å². The van der Waals surface area contributed by atoms with Gasteiger partial charge < -0.3 is 9.47 Å². The number of carbonyl (C=O) groups is 1. The Morgan fingerprint density at radius 3 is 2.24 bits per heavy atom. The Morgan fingerprint density at radius 2 is 1.60 bits per heavy atom. The lowest BCUT2D eigenvalue weighted by Gasteiger charge is -2.12. The molecule has 134 valence electrons. The molecule has 0 fully saturated rings. The van der Waals surface area contributed by atoms with Crippen molar-refractivity contribution in [1.82, 2.24) is 0 Å². The first-order valence-electron chi connectivity index (χ1n) is 8.80. The molecule has 0 heterocycles. The zero-order chi connectivity index (χ0) is 18.2. The van der Waals surface area contributed by atoms with E-state index in [-0.39, 0.29) is 5.78 Å². The summed E-state index contributed by atoms with van der Waals surface area (Å²) in [6.45, 7) is 4.31. The maximum atomic E-state index is 12.3. The lowest BCUT2D eigenvalue weighted by atomic mass is 9.94. The minimum Gasteiger partial charge on any atom is -0.493 e. The van der Waals surface area contributed by atoms with E-state index in [1.165, 1.54) is 11.1 Å². The van der Waals surface area contributed by atoms with Crippen LogP contribution in [-0.2, 0) is 17.6 Å². The van der Waals surface area contributed by atoms with Gasteiger partial charge in [-0.3, -0.25) is 4.79 Å². The van der Waals surface area contributed by atoms with Crippen LogP contribution in [0.3, 0.4) is 0 Å². The molecule has 0 aliphatic heterocycles.